The van der Waals surface area contributed by atoms with Gasteiger partial charge in [-0.3, -0.25) is 4.79 Å². The zero-order chi connectivity index (χ0) is 20.2. The summed E-state index contributed by atoms with van der Waals surface area (Å²) >= 11 is 5.77. The number of nitrogens with one attached hydrogen (secondary N) is 2. The van der Waals surface area contributed by atoms with E-state index in [1.54, 1.807) is 6.92 Å². The van der Waals surface area contributed by atoms with Gasteiger partial charge in [0.05, 0.1) is 22.4 Å². The Morgan fingerprint density at radius 2 is 1.70 bits per heavy atom. The molecule has 2 aromatic carbocycles. The highest BCUT2D eigenvalue weighted by atomic mass is 35.5. The molecule has 1 atom stereocenters. The summed E-state index contributed by atoms with van der Waals surface area (Å²) < 4.78 is 49.0. The molecule has 0 saturated heterocycles. The number of sulfonamides is 2. The largest absolute Gasteiger partial charge is 0.348 e. The van der Waals surface area contributed by atoms with Crippen LogP contribution in [-0.4, -0.2) is 29.3 Å². The summed E-state index contributed by atoms with van der Waals surface area (Å²) in [6.45, 7) is 1.21. The van der Waals surface area contributed by atoms with E-state index in [-0.39, 0.29) is 14.8 Å². The first-order valence-corrected chi connectivity index (χ1v) is 11.1. The van der Waals surface area contributed by atoms with Crippen LogP contribution in [0.2, 0.25) is 5.02 Å². The topological polar surface area (TPSA) is 135 Å². The maximum atomic E-state index is 12.2. The first-order chi connectivity index (χ1) is 12.5. The average molecular weight is 432 g/mol. The van der Waals surface area contributed by atoms with Crippen molar-refractivity contribution < 1.29 is 21.6 Å². The van der Waals surface area contributed by atoms with E-state index in [0.29, 0.717) is 5.56 Å². The predicted octanol–water partition coefficient (Wildman–Crippen LogP) is 1.14. The van der Waals surface area contributed by atoms with Crippen molar-refractivity contribution in [3.8, 4) is 0 Å². The van der Waals surface area contributed by atoms with Crippen LogP contribution in [0.1, 0.15) is 18.5 Å². The summed E-state index contributed by atoms with van der Waals surface area (Å²) in [5, 5.41) is 7.91. The highest BCUT2D eigenvalue weighted by Crippen LogP contribution is 2.16. The van der Waals surface area contributed by atoms with Gasteiger partial charge >= 0.3 is 0 Å². The average Bonchev–Trinajstić information content (AvgIpc) is 2.59. The molecule has 146 valence electrons. The quantitative estimate of drug-likeness (QED) is 0.604. The van der Waals surface area contributed by atoms with Gasteiger partial charge in [-0.15, -0.1) is 0 Å². The molecule has 2 aromatic rings. The molecule has 27 heavy (non-hydrogen) atoms. The fourth-order valence-corrected chi connectivity index (χ4v) is 4.00. The molecule has 0 aliphatic rings. The highest BCUT2D eigenvalue weighted by molar-refractivity contribution is 7.89. The number of carbonyl (C=O) groups excluding carboxylic acids is 1. The third-order valence-electron chi connectivity index (χ3n) is 3.62. The smallest absolute Gasteiger partial charge is 0.241 e. The van der Waals surface area contributed by atoms with E-state index in [2.05, 4.69) is 10.0 Å². The number of primary sulfonamides is 1. The summed E-state index contributed by atoms with van der Waals surface area (Å²) in [4.78, 5) is 11.9. The highest BCUT2D eigenvalue weighted by Gasteiger charge is 2.17. The van der Waals surface area contributed by atoms with Gasteiger partial charge in [-0.1, -0.05) is 29.8 Å². The molecule has 0 saturated carbocycles. The van der Waals surface area contributed by atoms with Gasteiger partial charge in [-0.05, 0) is 42.8 Å². The lowest BCUT2D eigenvalue weighted by Gasteiger charge is -2.15. The Morgan fingerprint density at radius 3 is 2.26 bits per heavy atom. The van der Waals surface area contributed by atoms with Gasteiger partial charge in [0, 0.05) is 5.02 Å². The van der Waals surface area contributed by atoms with E-state index in [9.17, 15) is 21.6 Å². The van der Waals surface area contributed by atoms with Crippen LogP contribution >= 0.6 is 11.6 Å². The second-order valence-electron chi connectivity index (χ2n) is 5.69. The van der Waals surface area contributed by atoms with E-state index in [0.717, 1.165) is 0 Å². The second-order valence-corrected chi connectivity index (χ2v) is 9.45. The van der Waals surface area contributed by atoms with Gasteiger partial charge in [0.1, 0.15) is 0 Å². The van der Waals surface area contributed by atoms with E-state index in [1.807, 2.05) is 0 Å². The lowest BCUT2D eigenvalue weighted by atomic mass is 10.1. The van der Waals surface area contributed by atoms with E-state index in [4.69, 9.17) is 16.7 Å². The van der Waals surface area contributed by atoms with Gasteiger partial charge in [-0.2, -0.15) is 0 Å². The minimum absolute atomic E-state index is 0.0425. The lowest BCUT2D eigenvalue weighted by Crippen LogP contribution is -2.38. The molecule has 8 nitrogen and oxygen atoms in total. The van der Waals surface area contributed by atoms with Gasteiger partial charge in [0.2, 0.25) is 26.0 Å². The molecular weight excluding hydrogens is 414 g/mol. The Morgan fingerprint density at radius 1 is 1.07 bits per heavy atom. The Kier molecular flexibility index (Phi) is 6.60. The maximum absolute atomic E-state index is 12.2. The molecule has 0 bridgehead atoms. The van der Waals surface area contributed by atoms with Crippen molar-refractivity contribution in [2.75, 3.05) is 6.54 Å². The Bertz CT molecular complexity index is 1040. The molecule has 0 aromatic heterocycles. The van der Waals surface area contributed by atoms with Gasteiger partial charge in [0.15, 0.2) is 0 Å². The van der Waals surface area contributed by atoms with Crippen LogP contribution in [0.4, 0.5) is 0 Å². The van der Waals surface area contributed by atoms with E-state index in [1.165, 1.54) is 48.5 Å². The van der Waals surface area contributed by atoms with Crippen molar-refractivity contribution in [3.05, 3.63) is 59.1 Å². The van der Waals surface area contributed by atoms with Crippen molar-refractivity contribution in [1.82, 2.24) is 10.0 Å². The lowest BCUT2D eigenvalue weighted by molar-refractivity contribution is -0.120. The van der Waals surface area contributed by atoms with E-state index >= 15 is 0 Å². The van der Waals surface area contributed by atoms with Crippen molar-refractivity contribution in [3.63, 3.8) is 0 Å². The molecule has 0 radical (unpaired) electrons. The van der Waals surface area contributed by atoms with Crippen LogP contribution < -0.4 is 15.2 Å². The summed E-state index contributed by atoms with van der Waals surface area (Å²) in [6, 6.07) is 10.9. The monoisotopic (exact) mass is 431 g/mol. The number of hydrogen-bond acceptors (Lipinski definition) is 5. The minimum Gasteiger partial charge on any atom is -0.348 e. The fourth-order valence-electron chi connectivity index (χ4n) is 2.20. The van der Waals surface area contributed by atoms with E-state index < -0.39 is 38.5 Å². The van der Waals surface area contributed by atoms with Crippen LogP contribution in [0.5, 0.6) is 0 Å². The van der Waals surface area contributed by atoms with Crippen LogP contribution in [0.3, 0.4) is 0 Å². The third-order valence-corrected chi connectivity index (χ3v) is 6.18. The standard InChI is InChI=1S/C16H18ClN3O5S2/c1-11(12-5-7-14(8-6-12)26(18,22)23)20-16(21)10-19-27(24,25)15-4-2-3-13(17)9-15/h2-9,11,19H,10H2,1H3,(H,20,21)(H2,18,22,23). The van der Waals surface area contributed by atoms with Crippen molar-refractivity contribution in [1.29, 1.82) is 0 Å². The fraction of sp³-hybridized carbons (Fsp3) is 0.188. The number of rotatable bonds is 7. The Balaban J connectivity index is 1.97. The number of hydrogen-bond donors (Lipinski definition) is 3. The number of carbonyl (C=O) groups is 1. The summed E-state index contributed by atoms with van der Waals surface area (Å²) in [6.07, 6.45) is 0. The molecular formula is C16H18ClN3O5S2. The number of benzene rings is 2. The normalized spacial score (nSPS) is 13.1. The Labute approximate surface area is 162 Å². The molecule has 1 amide bonds. The van der Waals surface area contributed by atoms with Crippen molar-refractivity contribution in [2.24, 2.45) is 5.14 Å². The van der Waals surface area contributed by atoms with Crippen molar-refractivity contribution >= 4 is 37.6 Å². The van der Waals surface area contributed by atoms with Crippen LogP contribution in [0.25, 0.3) is 0 Å². The zero-order valence-corrected chi connectivity index (χ0v) is 16.6. The van der Waals surface area contributed by atoms with Crippen LogP contribution in [0, 0.1) is 0 Å². The molecule has 0 fully saturated rings. The molecule has 1 unspecified atom stereocenters. The Hall–Kier alpha value is -1.98. The molecule has 0 aliphatic heterocycles. The maximum Gasteiger partial charge on any atom is 0.241 e. The van der Waals surface area contributed by atoms with Gasteiger partial charge < -0.3 is 5.32 Å². The molecule has 0 spiro atoms. The first kappa shape index (κ1) is 21.3. The van der Waals surface area contributed by atoms with Crippen LogP contribution in [0.15, 0.2) is 58.3 Å². The second kappa shape index (κ2) is 8.36. The molecule has 2 rings (SSSR count). The molecule has 0 heterocycles. The predicted molar refractivity (Wildman–Crippen MR) is 101 cm³/mol. The van der Waals surface area contributed by atoms with Crippen molar-refractivity contribution in [2.45, 2.75) is 22.8 Å². The van der Waals surface area contributed by atoms with Gasteiger partial charge in [0.25, 0.3) is 0 Å². The number of amides is 1. The third kappa shape index (κ3) is 6.01. The first-order valence-electron chi connectivity index (χ1n) is 7.66. The number of nitrogens with two attached hydrogens (primary N) is 1. The SMILES string of the molecule is CC(NC(=O)CNS(=O)(=O)c1cccc(Cl)c1)c1ccc(S(N)(=O)=O)cc1. The molecule has 11 heteroatoms. The molecule has 4 N–H and O–H groups in total. The van der Waals surface area contributed by atoms with Gasteiger partial charge in [-0.25, -0.2) is 26.7 Å². The minimum atomic E-state index is -3.88. The summed E-state index contributed by atoms with van der Waals surface area (Å²) in [5.41, 5.74) is 0.633. The zero-order valence-electron chi connectivity index (χ0n) is 14.2. The summed E-state index contributed by atoms with van der Waals surface area (Å²) in [5.74, 6) is -0.552. The van der Waals surface area contributed by atoms with Crippen LogP contribution in [-0.2, 0) is 24.8 Å². The summed E-state index contributed by atoms with van der Waals surface area (Å²) in [7, 11) is -7.67. The molecule has 0 aliphatic carbocycles. The number of halogens is 1.